The molecule has 1 heterocycles. The van der Waals surface area contributed by atoms with Crippen LogP contribution in [0.25, 0.3) is 11.3 Å². The van der Waals surface area contributed by atoms with E-state index in [1.54, 1.807) is 6.07 Å². The van der Waals surface area contributed by atoms with Gasteiger partial charge in [-0.2, -0.15) is 0 Å². The van der Waals surface area contributed by atoms with Gasteiger partial charge in [-0.05, 0) is 24.6 Å². The van der Waals surface area contributed by atoms with Crippen LogP contribution >= 0.6 is 11.6 Å². The van der Waals surface area contributed by atoms with Gasteiger partial charge in [-0.15, -0.1) is 0 Å². The van der Waals surface area contributed by atoms with E-state index in [0.717, 1.165) is 11.1 Å². The minimum atomic E-state index is -0.535. The molecule has 0 saturated heterocycles. The van der Waals surface area contributed by atoms with Crippen LogP contribution in [-0.4, -0.2) is 23.0 Å². The summed E-state index contributed by atoms with van der Waals surface area (Å²) in [6.45, 7) is 2.00. The average molecular weight is 263 g/mol. The Bertz CT molecular complexity index is 582. The highest BCUT2D eigenvalue weighted by atomic mass is 35.5. The maximum atomic E-state index is 11.4. The van der Waals surface area contributed by atoms with Crippen LogP contribution in [0.15, 0.2) is 30.3 Å². The highest BCUT2D eigenvalue weighted by Crippen LogP contribution is 2.20. The van der Waals surface area contributed by atoms with Crippen LogP contribution in [-0.2, 0) is 4.74 Å². The zero-order valence-electron chi connectivity index (χ0n) is 9.98. The van der Waals surface area contributed by atoms with Gasteiger partial charge in [-0.3, -0.25) is 0 Å². The summed E-state index contributed by atoms with van der Waals surface area (Å²) in [5.74, 6) is -0.535. The van der Waals surface area contributed by atoms with Crippen molar-refractivity contribution >= 4 is 17.6 Å². The van der Waals surface area contributed by atoms with Crippen molar-refractivity contribution in [3.8, 4) is 11.3 Å². The Kier molecular flexibility index (Phi) is 3.58. The third-order valence-electron chi connectivity index (χ3n) is 2.44. The highest BCUT2D eigenvalue weighted by Gasteiger charge is 2.12. The second kappa shape index (κ2) is 5.14. The second-order valence-corrected chi connectivity index (χ2v) is 4.10. The fourth-order valence-corrected chi connectivity index (χ4v) is 1.68. The van der Waals surface area contributed by atoms with Gasteiger partial charge in [0.25, 0.3) is 0 Å². The fraction of sp³-hybridized carbons (Fsp3) is 0.154. The maximum absolute atomic E-state index is 11.4. The molecule has 0 fully saturated rings. The Labute approximate surface area is 110 Å². The van der Waals surface area contributed by atoms with E-state index in [2.05, 4.69) is 14.7 Å². The summed E-state index contributed by atoms with van der Waals surface area (Å²) in [4.78, 5) is 19.4. The van der Waals surface area contributed by atoms with Crippen LogP contribution in [0, 0.1) is 6.92 Å². The molecule has 1 aromatic heterocycles. The molecule has 92 valence electrons. The molecule has 18 heavy (non-hydrogen) atoms. The van der Waals surface area contributed by atoms with Crippen LogP contribution in [0.2, 0.25) is 5.28 Å². The molecule has 0 atom stereocenters. The van der Waals surface area contributed by atoms with E-state index >= 15 is 0 Å². The Morgan fingerprint density at radius 3 is 2.50 bits per heavy atom. The van der Waals surface area contributed by atoms with Crippen LogP contribution in [0.5, 0.6) is 0 Å². The zero-order chi connectivity index (χ0) is 13.1. The van der Waals surface area contributed by atoms with Crippen molar-refractivity contribution in [1.82, 2.24) is 9.97 Å². The van der Waals surface area contributed by atoms with E-state index in [1.807, 2.05) is 31.2 Å². The third-order valence-corrected chi connectivity index (χ3v) is 2.61. The number of carbonyl (C=O) groups is 1. The Hall–Kier alpha value is -1.94. The molecule has 0 N–H and O–H groups in total. The number of halogens is 1. The van der Waals surface area contributed by atoms with E-state index in [0.29, 0.717) is 5.69 Å². The summed E-state index contributed by atoms with van der Waals surface area (Å²) in [6, 6.07) is 9.30. The minimum Gasteiger partial charge on any atom is -0.464 e. The second-order valence-electron chi connectivity index (χ2n) is 3.77. The summed E-state index contributed by atoms with van der Waals surface area (Å²) in [5, 5.41) is 0.0217. The number of ether oxygens (including phenoxy) is 1. The quantitative estimate of drug-likeness (QED) is 0.617. The van der Waals surface area contributed by atoms with Crippen LogP contribution in [0.1, 0.15) is 16.1 Å². The summed E-state index contributed by atoms with van der Waals surface area (Å²) in [5.41, 5.74) is 2.76. The first-order valence-corrected chi connectivity index (χ1v) is 5.68. The Balaban J connectivity index is 2.48. The van der Waals surface area contributed by atoms with Gasteiger partial charge < -0.3 is 4.74 Å². The molecule has 0 aliphatic carbocycles. The van der Waals surface area contributed by atoms with Crippen LogP contribution < -0.4 is 0 Å². The van der Waals surface area contributed by atoms with Gasteiger partial charge in [-0.25, -0.2) is 14.8 Å². The monoisotopic (exact) mass is 262 g/mol. The number of aromatic nitrogens is 2. The number of rotatable bonds is 2. The van der Waals surface area contributed by atoms with Crippen molar-refractivity contribution in [3.05, 3.63) is 46.9 Å². The van der Waals surface area contributed by atoms with Crippen molar-refractivity contribution in [3.63, 3.8) is 0 Å². The first-order chi connectivity index (χ1) is 8.60. The van der Waals surface area contributed by atoms with Crippen LogP contribution in [0.3, 0.4) is 0 Å². The van der Waals surface area contributed by atoms with E-state index in [4.69, 9.17) is 11.6 Å². The summed E-state index contributed by atoms with van der Waals surface area (Å²) in [6.07, 6.45) is 0. The third kappa shape index (κ3) is 2.65. The van der Waals surface area contributed by atoms with Crippen molar-refractivity contribution in [2.45, 2.75) is 6.92 Å². The highest BCUT2D eigenvalue weighted by molar-refractivity contribution is 6.28. The lowest BCUT2D eigenvalue weighted by molar-refractivity contribution is 0.0594. The largest absolute Gasteiger partial charge is 0.464 e. The number of methoxy groups -OCH3 is 1. The standard InChI is InChI=1S/C13H11ClN2O2/c1-8-3-5-9(6-4-8)10-7-11(12(17)18-2)16-13(14)15-10/h3-7H,1-2H3. The van der Waals surface area contributed by atoms with Gasteiger partial charge in [-0.1, -0.05) is 29.8 Å². The number of hydrogen-bond acceptors (Lipinski definition) is 4. The van der Waals surface area contributed by atoms with Gasteiger partial charge in [0.2, 0.25) is 5.28 Å². The lowest BCUT2D eigenvalue weighted by atomic mass is 10.1. The van der Waals surface area contributed by atoms with E-state index in [1.165, 1.54) is 7.11 Å². The van der Waals surface area contributed by atoms with Crippen LogP contribution in [0.4, 0.5) is 0 Å². The number of aryl methyl sites for hydroxylation is 1. The molecule has 5 heteroatoms. The molecule has 0 bridgehead atoms. The summed E-state index contributed by atoms with van der Waals surface area (Å²) in [7, 11) is 1.30. The number of nitrogens with zero attached hydrogens (tertiary/aromatic N) is 2. The lowest BCUT2D eigenvalue weighted by Crippen LogP contribution is -2.05. The lowest BCUT2D eigenvalue weighted by Gasteiger charge is -2.04. The van der Waals surface area contributed by atoms with E-state index < -0.39 is 5.97 Å². The molecule has 0 saturated carbocycles. The maximum Gasteiger partial charge on any atom is 0.356 e. The van der Waals surface area contributed by atoms with Gasteiger partial charge >= 0.3 is 5.97 Å². The molecular weight excluding hydrogens is 252 g/mol. The van der Waals surface area contributed by atoms with Gasteiger partial charge in [0, 0.05) is 5.56 Å². The topological polar surface area (TPSA) is 52.1 Å². The molecule has 1 aromatic carbocycles. The molecule has 2 aromatic rings. The average Bonchev–Trinajstić information content (AvgIpc) is 2.38. The first-order valence-electron chi connectivity index (χ1n) is 5.30. The molecular formula is C13H11ClN2O2. The van der Waals surface area contributed by atoms with Crippen molar-refractivity contribution < 1.29 is 9.53 Å². The molecule has 0 amide bonds. The molecule has 0 unspecified atom stereocenters. The number of carbonyl (C=O) groups excluding carboxylic acids is 1. The number of esters is 1. The SMILES string of the molecule is COC(=O)c1cc(-c2ccc(C)cc2)nc(Cl)n1. The Morgan fingerprint density at radius 2 is 1.89 bits per heavy atom. The predicted octanol–water partition coefficient (Wildman–Crippen LogP) is 2.89. The summed E-state index contributed by atoms with van der Waals surface area (Å²) >= 11 is 5.80. The first kappa shape index (κ1) is 12.5. The molecule has 0 spiro atoms. The van der Waals surface area contributed by atoms with Gasteiger partial charge in [0.05, 0.1) is 12.8 Å². The molecule has 4 nitrogen and oxygen atoms in total. The molecule has 0 radical (unpaired) electrons. The predicted molar refractivity (Wildman–Crippen MR) is 68.6 cm³/mol. The fourth-order valence-electron chi connectivity index (χ4n) is 1.50. The molecule has 0 aliphatic rings. The van der Waals surface area contributed by atoms with Crippen molar-refractivity contribution in [2.75, 3.05) is 7.11 Å². The normalized spacial score (nSPS) is 10.2. The van der Waals surface area contributed by atoms with Crippen molar-refractivity contribution in [2.24, 2.45) is 0 Å². The molecule has 0 aliphatic heterocycles. The zero-order valence-corrected chi connectivity index (χ0v) is 10.7. The Morgan fingerprint density at radius 1 is 1.22 bits per heavy atom. The van der Waals surface area contributed by atoms with E-state index in [9.17, 15) is 4.79 Å². The number of hydrogen-bond donors (Lipinski definition) is 0. The van der Waals surface area contributed by atoms with Gasteiger partial charge in [0.15, 0.2) is 5.69 Å². The smallest absolute Gasteiger partial charge is 0.356 e. The van der Waals surface area contributed by atoms with Crippen molar-refractivity contribution in [1.29, 1.82) is 0 Å². The number of benzene rings is 1. The summed E-state index contributed by atoms with van der Waals surface area (Å²) < 4.78 is 4.61. The van der Waals surface area contributed by atoms with E-state index in [-0.39, 0.29) is 11.0 Å². The van der Waals surface area contributed by atoms with Gasteiger partial charge in [0.1, 0.15) is 0 Å². The minimum absolute atomic E-state index is 0.0217. The molecule has 2 rings (SSSR count).